The van der Waals surface area contributed by atoms with Crippen LogP contribution in [0, 0.1) is 0 Å². The molecule has 5 heteroatoms. The molecule has 1 unspecified atom stereocenters. The van der Waals surface area contributed by atoms with Gasteiger partial charge < -0.3 is 14.6 Å². The van der Waals surface area contributed by atoms with Crippen molar-refractivity contribution in [3.05, 3.63) is 71.5 Å². The van der Waals surface area contributed by atoms with Crippen molar-refractivity contribution in [3.63, 3.8) is 0 Å². The molecule has 2 amide bonds. The maximum absolute atomic E-state index is 13.0. The standard InChI is InChI=1S/C25H30N2O3/c1-4-5-14-24-21(20-13-9-10-15-23(20)30-24)17-27(3)25(29)16-22(26-18(2)28)19-11-7-6-8-12-19/h6-13,15,22H,4-5,14,16-17H2,1-3H3,(H,26,28). The summed E-state index contributed by atoms with van der Waals surface area (Å²) >= 11 is 0. The lowest BCUT2D eigenvalue weighted by Crippen LogP contribution is -2.33. The summed E-state index contributed by atoms with van der Waals surface area (Å²) in [4.78, 5) is 26.4. The van der Waals surface area contributed by atoms with Crippen LogP contribution in [0.1, 0.15) is 56.0 Å². The predicted octanol–water partition coefficient (Wildman–Crippen LogP) is 5.00. The third kappa shape index (κ3) is 5.29. The van der Waals surface area contributed by atoms with E-state index in [0.717, 1.165) is 47.1 Å². The van der Waals surface area contributed by atoms with Gasteiger partial charge in [-0.2, -0.15) is 0 Å². The SMILES string of the molecule is CCCCc1oc2ccccc2c1CN(C)C(=O)CC(NC(C)=O)c1ccccc1. The molecule has 0 aliphatic rings. The van der Waals surface area contributed by atoms with Gasteiger partial charge in [0.15, 0.2) is 0 Å². The van der Waals surface area contributed by atoms with Crippen LogP contribution in [-0.4, -0.2) is 23.8 Å². The molecule has 5 nitrogen and oxygen atoms in total. The van der Waals surface area contributed by atoms with Crippen molar-refractivity contribution in [2.24, 2.45) is 0 Å². The monoisotopic (exact) mass is 406 g/mol. The maximum Gasteiger partial charge on any atom is 0.225 e. The van der Waals surface area contributed by atoms with Crippen LogP contribution in [0.15, 0.2) is 59.0 Å². The molecule has 0 saturated carbocycles. The number of nitrogens with zero attached hydrogens (tertiary/aromatic N) is 1. The average Bonchev–Trinajstić information content (AvgIpc) is 3.09. The number of carbonyl (C=O) groups is 2. The van der Waals surface area contributed by atoms with Crippen LogP contribution in [0.5, 0.6) is 0 Å². The number of benzene rings is 2. The summed E-state index contributed by atoms with van der Waals surface area (Å²) in [6, 6.07) is 17.2. The molecule has 1 N–H and O–H groups in total. The molecule has 30 heavy (non-hydrogen) atoms. The van der Waals surface area contributed by atoms with Crippen LogP contribution in [0.4, 0.5) is 0 Å². The number of hydrogen-bond acceptors (Lipinski definition) is 3. The summed E-state index contributed by atoms with van der Waals surface area (Å²) in [5, 5.41) is 3.96. The molecule has 0 radical (unpaired) electrons. The second-order valence-electron chi connectivity index (χ2n) is 7.72. The second kappa shape index (κ2) is 10.1. The fourth-order valence-electron chi connectivity index (χ4n) is 3.70. The van der Waals surface area contributed by atoms with Gasteiger partial charge in [-0.05, 0) is 18.1 Å². The molecule has 0 bridgehead atoms. The van der Waals surface area contributed by atoms with E-state index in [-0.39, 0.29) is 24.3 Å². The Balaban J connectivity index is 1.78. The molecule has 2 aromatic carbocycles. The first-order valence-electron chi connectivity index (χ1n) is 10.5. The number of hydrogen-bond donors (Lipinski definition) is 1. The van der Waals surface area contributed by atoms with Gasteiger partial charge in [-0.25, -0.2) is 0 Å². The van der Waals surface area contributed by atoms with Crippen molar-refractivity contribution in [2.75, 3.05) is 7.05 Å². The fraction of sp³-hybridized carbons (Fsp3) is 0.360. The van der Waals surface area contributed by atoms with Gasteiger partial charge in [0, 0.05) is 37.9 Å². The Kier molecular flexibility index (Phi) is 7.28. The zero-order chi connectivity index (χ0) is 21.5. The molecule has 0 saturated heterocycles. The highest BCUT2D eigenvalue weighted by Crippen LogP contribution is 2.28. The summed E-state index contributed by atoms with van der Waals surface area (Å²) < 4.78 is 6.09. The van der Waals surface area contributed by atoms with Gasteiger partial charge in [0.2, 0.25) is 11.8 Å². The van der Waals surface area contributed by atoms with E-state index in [1.165, 1.54) is 6.92 Å². The minimum absolute atomic E-state index is 0.0238. The number of para-hydroxylation sites is 1. The summed E-state index contributed by atoms with van der Waals surface area (Å²) in [5.41, 5.74) is 2.86. The van der Waals surface area contributed by atoms with Gasteiger partial charge in [0.25, 0.3) is 0 Å². The van der Waals surface area contributed by atoms with Crippen molar-refractivity contribution < 1.29 is 14.0 Å². The van der Waals surface area contributed by atoms with Crippen LogP contribution in [0.3, 0.4) is 0 Å². The van der Waals surface area contributed by atoms with Crippen LogP contribution in [-0.2, 0) is 22.6 Å². The highest BCUT2D eigenvalue weighted by Gasteiger charge is 2.22. The number of carbonyl (C=O) groups excluding carboxylic acids is 2. The Hall–Kier alpha value is -3.08. The molecule has 0 aliphatic carbocycles. The van der Waals surface area contributed by atoms with Crippen LogP contribution >= 0.6 is 0 Å². The molecule has 0 aliphatic heterocycles. The molecule has 0 spiro atoms. The molecular formula is C25H30N2O3. The predicted molar refractivity (Wildman–Crippen MR) is 119 cm³/mol. The van der Waals surface area contributed by atoms with Crippen molar-refractivity contribution in [1.82, 2.24) is 10.2 Å². The first-order valence-corrected chi connectivity index (χ1v) is 10.5. The van der Waals surface area contributed by atoms with Crippen molar-refractivity contribution >= 4 is 22.8 Å². The van der Waals surface area contributed by atoms with Gasteiger partial charge >= 0.3 is 0 Å². The summed E-state index contributed by atoms with van der Waals surface area (Å²) in [6.07, 6.45) is 3.20. The van der Waals surface area contributed by atoms with E-state index < -0.39 is 0 Å². The third-order valence-corrected chi connectivity index (χ3v) is 5.32. The Morgan fingerprint density at radius 2 is 1.77 bits per heavy atom. The van der Waals surface area contributed by atoms with Gasteiger partial charge in [-0.15, -0.1) is 0 Å². The van der Waals surface area contributed by atoms with Gasteiger partial charge in [0.1, 0.15) is 11.3 Å². The smallest absolute Gasteiger partial charge is 0.225 e. The third-order valence-electron chi connectivity index (χ3n) is 5.32. The zero-order valence-corrected chi connectivity index (χ0v) is 18.0. The average molecular weight is 407 g/mol. The summed E-state index contributed by atoms with van der Waals surface area (Å²) in [5.74, 6) is 0.783. The summed E-state index contributed by atoms with van der Waals surface area (Å²) in [7, 11) is 1.81. The highest BCUT2D eigenvalue weighted by atomic mass is 16.3. The molecule has 3 rings (SSSR count). The Bertz CT molecular complexity index is 994. The molecule has 0 fully saturated rings. The van der Waals surface area contributed by atoms with Gasteiger partial charge in [-0.1, -0.05) is 61.9 Å². The van der Waals surface area contributed by atoms with Gasteiger partial charge in [0.05, 0.1) is 12.5 Å². The molecule has 158 valence electrons. The first-order chi connectivity index (χ1) is 14.5. The number of fused-ring (bicyclic) bond motifs is 1. The largest absolute Gasteiger partial charge is 0.461 e. The topological polar surface area (TPSA) is 62.6 Å². The van der Waals surface area contributed by atoms with E-state index in [9.17, 15) is 9.59 Å². The number of rotatable bonds is 9. The quantitative estimate of drug-likeness (QED) is 0.544. The van der Waals surface area contributed by atoms with Crippen molar-refractivity contribution in [2.45, 2.75) is 52.1 Å². The number of amides is 2. The lowest BCUT2D eigenvalue weighted by atomic mass is 10.0. The Labute approximate surface area is 178 Å². The molecule has 1 atom stereocenters. The van der Waals surface area contributed by atoms with E-state index in [0.29, 0.717) is 6.54 Å². The minimum Gasteiger partial charge on any atom is -0.461 e. The lowest BCUT2D eigenvalue weighted by Gasteiger charge is -2.23. The second-order valence-corrected chi connectivity index (χ2v) is 7.72. The molecule has 3 aromatic rings. The van der Waals surface area contributed by atoms with Crippen LogP contribution in [0.2, 0.25) is 0 Å². The number of nitrogens with one attached hydrogen (secondary N) is 1. The number of aryl methyl sites for hydroxylation is 1. The van der Waals surface area contributed by atoms with E-state index >= 15 is 0 Å². The van der Waals surface area contributed by atoms with E-state index in [4.69, 9.17) is 4.42 Å². The van der Waals surface area contributed by atoms with E-state index in [1.54, 1.807) is 4.90 Å². The Morgan fingerprint density at radius 1 is 1.07 bits per heavy atom. The minimum atomic E-state index is -0.348. The van der Waals surface area contributed by atoms with E-state index in [1.807, 2.05) is 61.6 Å². The molecule has 1 aromatic heterocycles. The van der Waals surface area contributed by atoms with Crippen LogP contribution < -0.4 is 5.32 Å². The van der Waals surface area contributed by atoms with E-state index in [2.05, 4.69) is 12.2 Å². The number of furan rings is 1. The zero-order valence-electron chi connectivity index (χ0n) is 18.0. The normalized spacial score (nSPS) is 12.0. The number of unbranched alkanes of at least 4 members (excludes halogenated alkanes) is 1. The fourth-order valence-corrected chi connectivity index (χ4v) is 3.70. The lowest BCUT2D eigenvalue weighted by molar-refractivity contribution is -0.131. The summed E-state index contributed by atoms with van der Waals surface area (Å²) in [6.45, 7) is 4.11. The van der Waals surface area contributed by atoms with Gasteiger partial charge in [-0.3, -0.25) is 9.59 Å². The Morgan fingerprint density at radius 3 is 2.47 bits per heavy atom. The highest BCUT2D eigenvalue weighted by molar-refractivity contribution is 5.83. The van der Waals surface area contributed by atoms with Crippen molar-refractivity contribution in [1.29, 1.82) is 0 Å². The van der Waals surface area contributed by atoms with Crippen LogP contribution in [0.25, 0.3) is 11.0 Å². The molecule has 1 heterocycles. The molecular weight excluding hydrogens is 376 g/mol. The maximum atomic E-state index is 13.0. The van der Waals surface area contributed by atoms with Crippen molar-refractivity contribution in [3.8, 4) is 0 Å². The first kappa shape index (κ1) is 21.6.